The van der Waals surface area contributed by atoms with Gasteiger partial charge in [-0.2, -0.15) is 10.2 Å². The maximum absolute atomic E-state index is 6.04. The van der Waals surface area contributed by atoms with Gasteiger partial charge in [-0.25, -0.2) is 19.6 Å². The second-order valence-corrected chi connectivity index (χ2v) is 6.43. The number of hydrogen-bond acceptors (Lipinski definition) is 8. The van der Waals surface area contributed by atoms with Crippen molar-refractivity contribution < 1.29 is 9.15 Å². The quantitative estimate of drug-likeness (QED) is 0.427. The normalized spacial score (nSPS) is 11.1. The van der Waals surface area contributed by atoms with Crippen LogP contribution in [-0.2, 0) is 13.2 Å². The van der Waals surface area contributed by atoms with Crippen molar-refractivity contribution >= 4 is 11.0 Å². The van der Waals surface area contributed by atoms with Gasteiger partial charge >= 0.3 is 0 Å². The van der Waals surface area contributed by atoms with E-state index in [1.54, 1.807) is 23.2 Å². The predicted octanol–water partition coefficient (Wildman–Crippen LogP) is 3.54. The highest BCUT2D eigenvalue weighted by atomic mass is 16.5. The molecule has 5 aromatic rings. The van der Waals surface area contributed by atoms with Crippen molar-refractivity contribution in [2.24, 2.45) is 0 Å². The predicted molar refractivity (Wildman–Crippen MR) is 108 cm³/mol. The lowest BCUT2D eigenvalue weighted by Gasteiger charge is -2.11. The molecule has 30 heavy (non-hydrogen) atoms. The number of furan rings is 1. The Morgan fingerprint density at radius 2 is 1.93 bits per heavy atom. The van der Waals surface area contributed by atoms with Gasteiger partial charge in [-0.3, -0.25) is 0 Å². The molecule has 4 aromatic heterocycles. The number of ether oxygens (including phenoxy) is 1. The first kappa shape index (κ1) is 17.9. The number of benzene rings is 1. The molecule has 0 amide bonds. The fourth-order valence-electron chi connectivity index (χ4n) is 3.15. The Kier molecular flexibility index (Phi) is 4.60. The van der Waals surface area contributed by atoms with Gasteiger partial charge in [-0.15, -0.1) is 5.10 Å². The average Bonchev–Trinajstić information content (AvgIpc) is 3.49. The zero-order valence-electron chi connectivity index (χ0n) is 16.1. The molecule has 0 spiro atoms. The highest BCUT2D eigenvalue weighted by Crippen LogP contribution is 2.32. The molecular formula is C21H17N7O2. The summed E-state index contributed by atoms with van der Waals surface area (Å²) in [5.41, 5.74) is 3.21. The average molecular weight is 399 g/mol. The van der Waals surface area contributed by atoms with Crippen LogP contribution >= 0.6 is 0 Å². The minimum atomic E-state index is 0.195. The molecule has 148 valence electrons. The van der Waals surface area contributed by atoms with Gasteiger partial charge in [0.1, 0.15) is 29.7 Å². The largest absolute Gasteiger partial charge is 0.468 e. The number of aromatic nitrogens is 7. The molecule has 0 fully saturated rings. The van der Waals surface area contributed by atoms with Crippen molar-refractivity contribution in [3.63, 3.8) is 0 Å². The molecule has 4 heterocycles. The lowest BCUT2D eigenvalue weighted by Crippen LogP contribution is -2.09. The Morgan fingerprint density at radius 1 is 1.03 bits per heavy atom. The van der Waals surface area contributed by atoms with E-state index in [9.17, 15) is 0 Å². The van der Waals surface area contributed by atoms with Crippen LogP contribution in [0.1, 0.15) is 12.7 Å². The molecular weight excluding hydrogens is 382 g/mol. The fraction of sp³-hybridized carbons (Fsp3) is 0.143. The summed E-state index contributed by atoms with van der Waals surface area (Å²) in [5.74, 6) is 1.57. The van der Waals surface area contributed by atoms with Gasteiger partial charge in [-0.05, 0) is 19.1 Å². The number of rotatable bonds is 6. The van der Waals surface area contributed by atoms with Gasteiger partial charge in [0.25, 0.3) is 0 Å². The van der Waals surface area contributed by atoms with E-state index in [0.717, 1.165) is 5.56 Å². The lowest BCUT2D eigenvalue weighted by molar-refractivity contribution is 0.277. The lowest BCUT2D eigenvalue weighted by atomic mass is 10.1. The van der Waals surface area contributed by atoms with Crippen LogP contribution in [0.5, 0.6) is 5.88 Å². The van der Waals surface area contributed by atoms with Crippen molar-refractivity contribution in [1.82, 2.24) is 34.9 Å². The molecule has 0 aliphatic rings. The topological polar surface area (TPSA) is 105 Å². The van der Waals surface area contributed by atoms with Crippen molar-refractivity contribution in [2.45, 2.75) is 20.1 Å². The van der Waals surface area contributed by atoms with Crippen LogP contribution in [0.3, 0.4) is 0 Å². The van der Waals surface area contributed by atoms with E-state index in [-0.39, 0.29) is 6.61 Å². The summed E-state index contributed by atoms with van der Waals surface area (Å²) in [7, 11) is 0. The Labute approximate surface area is 171 Å². The maximum atomic E-state index is 6.04. The van der Waals surface area contributed by atoms with Crippen LogP contribution < -0.4 is 4.74 Å². The van der Waals surface area contributed by atoms with E-state index >= 15 is 0 Å². The first-order chi connectivity index (χ1) is 14.8. The maximum Gasteiger partial charge on any atom is 0.245 e. The van der Waals surface area contributed by atoms with Crippen LogP contribution in [0.25, 0.3) is 33.7 Å². The monoisotopic (exact) mass is 399 g/mol. The highest BCUT2D eigenvalue weighted by molar-refractivity contribution is 5.89. The number of aryl methyl sites for hydroxylation is 1. The van der Waals surface area contributed by atoms with Crippen molar-refractivity contribution in [1.29, 1.82) is 0 Å². The molecule has 0 saturated carbocycles. The summed E-state index contributed by atoms with van der Waals surface area (Å²) in [6, 6.07) is 13.3. The summed E-state index contributed by atoms with van der Waals surface area (Å²) in [4.78, 5) is 13.7. The number of nitrogens with zero attached hydrogens (tertiary/aromatic N) is 7. The molecule has 1 aromatic carbocycles. The van der Waals surface area contributed by atoms with Gasteiger partial charge in [0.2, 0.25) is 5.88 Å². The summed E-state index contributed by atoms with van der Waals surface area (Å²) >= 11 is 0. The van der Waals surface area contributed by atoms with E-state index in [4.69, 9.17) is 19.1 Å². The third-order valence-electron chi connectivity index (χ3n) is 4.59. The van der Waals surface area contributed by atoms with Crippen molar-refractivity contribution in [3.8, 4) is 28.6 Å². The zero-order chi connectivity index (χ0) is 20.3. The first-order valence-electron chi connectivity index (χ1n) is 9.45. The van der Waals surface area contributed by atoms with Gasteiger partial charge in [-0.1, -0.05) is 30.3 Å². The summed E-state index contributed by atoms with van der Waals surface area (Å²) in [6.45, 7) is 2.88. The third-order valence-corrected chi connectivity index (χ3v) is 4.59. The fourth-order valence-corrected chi connectivity index (χ4v) is 3.15. The Hall–Kier alpha value is -4.14. The minimum absolute atomic E-state index is 0.195. The number of hydrogen-bond donors (Lipinski definition) is 0. The van der Waals surface area contributed by atoms with E-state index in [1.165, 1.54) is 6.33 Å². The van der Waals surface area contributed by atoms with E-state index < -0.39 is 0 Å². The molecule has 0 aliphatic carbocycles. The van der Waals surface area contributed by atoms with Gasteiger partial charge < -0.3 is 9.15 Å². The van der Waals surface area contributed by atoms with Crippen LogP contribution in [0, 0.1) is 0 Å². The van der Waals surface area contributed by atoms with Crippen LogP contribution in [-0.4, -0.2) is 34.9 Å². The standard InChI is InChI=1S/C21H17N7O2/c1-2-28-17(22-13-24-28)12-30-21-20(16-9-6-10-29-16)25-15-11-23-27-18(19(15)26-21)14-7-4-3-5-8-14/h3-11,13H,2,12H2,1H3. The number of fused-ring (bicyclic) bond motifs is 1. The Morgan fingerprint density at radius 3 is 2.73 bits per heavy atom. The molecule has 0 bridgehead atoms. The Bertz CT molecular complexity index is 1280. The molecule has 0 radical (unpaired) electrons. The smallest absolute Gasteiger partial charge is 0.245 e. The second-order valence-electron chi connectivity index (χ2n) is 6.43. The molecule has 9 nitrogen and oxygen atoms in total. The van der Waals surface area contributed by atoms with E-state index in [2.05, 4.69) is 20.3 Å². The van der Waals surface area contributed by atoms with Crippen LogP contribution in [0.15, 0.2) is 65.7 Å². The molecule has 0 saturated heterocycles. The molecule has 0 N–H and O–H groups in total. The van der Waals surface area contributed by atoms with Crippen molar-refractivity contribution in [3.05, 3.63) is 67.1 Å². The molecule has 5 rings (SSSR count). The third kappa shape index (κ3) is 3.26. The molecule has 0 aliphatic heterocycles. The van der Waals surface area contributed by atoms with Gasteiger partial charge in [0, 0.05) is 12.1 Å². The summed E-state index contributed by atoms with van der Waals surface area (Å²) < 4.78 is 13.4. The van der Waals surface area contributed by atoms with Gasteiger partial charge in [0.05, 0.1) is 12.5 Å². The van der Waals surface area contributed by atoms with Gasteiger partial charge in [0.15, 0.2) is 17.3 Å². The Balaban J connectivity index is 1.63. The first-order valence-corrected chi connectivity index (χ1v) is 9.45. The van der Waals surface area contributed by atoms with Crippen LogP contribution in [0.4, 0.5) is 0 Å². The van der Waals surface area contributed by atoms with Crippen LogP contribution in [0.2, 0.25) is 0 Å². The minimum Gasteiger partial charge on any atom is -0.468 e. The zero-order valence-corrected chi connectivity index (χ0v) is 16.1. The van der Waals surface area contributed by atoms with Crippen molar-refractivity contribution in [2.75, 3.05) is 0 Å². The summed E-state index contributed by atoms with van der Waals surface area (Å²) in [6.07, 6.45) is 4.67. The summed E-state index contributed by atoms with van der Waals surface area (Å²) in [5, 5.41) is 12.6. The second kappa shape index (κ2) is 7.70. The highest BCUT2D eigenvalue weighted by Gasteiger charge is 2.19. The molecule has 0 unspecified atom stereocenters. The molecule has 0 atom stereocenters. The van der Waals surface area contributed by atoms with E-state index in [0.29, 0.717) is 46.4 Å². The van der Waals surface area contributed by atoms with E-state index in [1.807, 2.05) is 43.3 Å². The SMILES string of the molecule is CCn1ncnc1COc1nc2c(-c3ccccc3)nncc2nc1-c1ccco1. The molecule has 9 heteroatoms.